The van der Waals surface area contributed by atoms with E-state index in [0.29, 0.717) is 0 Å². The van der Waals surface area contributed by atoms with Crippen LogP contribution in [0.15, 0.2) is 72.8 Å². The van der Waals surface area contributed by atoms with Crippen molar-refractivity contribution in [1.29, 1.82) is 0 Å². The number of benzene rings is 3. The molecule has 3 aromatic rings. The van der Waals surface area contributed by atoms with Crippen molar-refractivity contribution in [2.75, 3.05) is 11.5 Å². The quantitative estimate of drug-likeness (QED) is 0.441. The van der Waals surface area contributed by atoms with Gasteiger partial charge >= 0.3 is 0 Å². The fourth-order valence-corrected chi connectivity index (χ4v) is 3.43. The first-order valence-electron chi connectivity index (χ1n) is 11.0. The maximum Gasteiger partial charge on any atom is 0.0314 e. The second-order valence-corrected chi connectivity index (χ2v) is 8.07. The number of nitrogens with two attached hydrogens (primary N) is 2. The minimum atomic E-state index is -0.0963. The van der Waals surface area contributed by atoms with E-state index in [1.54, 1.807) is 0 Å². The lowest BCUT2D eigenvalue weighted by atomic mass is 9.73. The van der Waals surface area contributed by atoms with E-state index in [-0.39, 0.29) is 10.8 Å². The van der Waals surface area contributed by atoms with Gasteiger partial charge in [-0.25, -0.2) is 0 Å². The van der Waals surface area contributed by atoms with E-state index in [1.165, 1.54) is 22.3 Å². The number of hydrogen-bond donors (Lipinski definition) is 2. The molecule has 0 amide bonds. The summed E-state index contributed by atoms with van der Waals surface area (Å²) >= 11 is 0. The van der Waals surface area contributed by atoms with Gasteiger partial charge in [-0.3, -0.25) is 0 Å². The smallest absolute Gasteiger partial charge is 0.0314 e. The van der Waals surface area contributed by atoms with Crippen molar-refractivity contribution in [3.8, 4) is 0 Å². The van der Waals surface area contributed by atoms with Crippen molar-refractivity contribution in [3.05, 3.63) is 95.1 Å². The van der Waals surface area contributed by atoms with E-state index in [4.69, 9.17) is 11.5 Å². The standard InChI is InChI=1S/C24H28N2.2C2H6/c1-23(2,17-8-12-21(25)13-9-17)19-6-5-7-20(16-19)24(3,4)18-10-14-22(26)15-11-18;2*1-2/h5-16H,25-26H2,1-4H3;2*1-2H3. The van der Waals surface area contributed by atoms with Gasteiger partial charge in [0.15, 0.2) is 0 Å². The summed E-state index contributed by atoms with van der Waals surface area (Å²) in [4.78, 5) is 0. The van der Waals surface area contributed by atoms with Gasteiger partial charge in [-0.2, -0.15) is 0 Å². The van der Waals surface area contributed by atoms with E-state index in [2.05, 4.69) is 76.2 Å². The number of hydrogen-bond acceptors (Lipinski definition) is 2. The minimum absolute atomic E-state index is 0.0963. The molecule has 0 atom stereocenters. The van der Waals surface area contributed by atoms with Gasteiger partial charge in [0.1, 0.15) is 0 Å². The Morgan fingerprint density at radius 2 is 0.767 bits per heavy atom. The highest BCUT2D eigenvalue weighted by molar-refractivity contribution is 5.49. The van der Waals surface area contributed by atoms with Gasteiger partial charge in [-0.05, 0) is 46.5 Å². The Kier molecular flexibility index (Phi) is 9.17. The zero-order valence-corrected chi connectivity index (χ0v) is 20.1. The first-order chi connectivity index (χ1) is 14.2. The molecule has 0 aliphatic heterocycles. The van der Waals surface area contributed by atoms with Crippen molar-refractivity contribution in [3.63, 3.8) is 0 Å². The average Bonchev–Trinajstić information content (AvgIpc) is 2.77. The molecule has 3 rings (SSSR count). The SMILES string of the molecule is CC.CC.CC(C)(c1ccc(N)cc1)c1cccc(C(C)(C)c2ccc(N)cc2)c1. The third-order valence-electron chi connectivity index (χ3n) is 5.57. The van der Waals surface area contributed by atoms with Crippen LogP contribution in [0.5, 0.6) is 0 Å². The Balaban J connectivity index is 0.00000106. The Hall–Kier alpha value is -2.74. The van der Waals surface area contributed by atoms with Crippen LogP contribution in [0.2, 0.25) is 0 Å². The van der Waals surface area contributed by atoms with Gasteiger partial charge in [0.05, 0.1) is 0 Å². The van der Waals surface area contributed by atoms with Crippen LogP contribution in [-0.4, -0.2) is 0 Å². The molecule has 162 valence electrons. The molecule has 0 saturated heterocycles. The largest absolute Gasteiger partial charge is 0.399 e. The fraction of sp³-hybridized carbons (Fsp3) is 0.357. The lowest BCUT2D eigenvalue weighted by Crippen LogP contribution is -2.23. The maximum absolute atomic E-state index is 5.86. The van der Waals surface area contributed by atoms with Crippen LogP contribution in [-0.2, 0) is 10.8 Å². The molecule has 0 heterocycles. The summed E-state index contributed by atoms with van der Waals surface area (Å²) in [6, 6.07) is 25.3. The van der Waals surface area contributed by atoms with Crippen LogP contribution < -0.4 is 11.5 Å². The molecule has 3 aromatic carbocycles. The van der Waals surface area contributed by atoms with Crippen molar-refractivity contribution >= 4 is 11.4 Å². The molecule has 4 N–H and O–H groups in total. The van der Waals surface area contributed by atoms with Gasteiger partial charge in [0.25, 0.3) is 0 Å². The summed E-state index contributed by atoms with van der Waals surface area (Å²) in [5, 5.41) is 0. The third kappa shape index (κ3) is 5.66. The molecular weight excluding hydrogens is 364 g/mol. The van der Waals surface area contributed by atoms with Crippen molar-refractivity contribution < 1.29 is 0 Å². The third-order valence-corrected chi connectivity index (χ3v) is 5.57. The monoisotopic (exact) mass is 404 g/mol. The van der Waals surface area contributed by atoms with Crippen LogP contribution in [0, 0.1) is 0 Å². The molecule has 0 saturated carbocycles. The Bertz CT molecular complexity index is 816. The minimum Gasteiger partial charge on any atom is -0.399 e. The molecule has 2 nitrogen and oxygen atoms in total. The number of rotatable bonds is 4. The van der Waals surface area contributed by atoms with E-state index >= 15 is 0 Å². The Morgan fingerprint density at radius 1 is 0.467 bits per heavy atom. The maximum atomic E-state index is 5.86. The topological polar surface area (TPSA) is 52.0 Å². The summed E-state index contributed by atoms with van der Waals surface area (Å²) in [7, 11) is 0. The molecular formula is C28H40N2. The van der Waals surface area contributed by atoms with Crippen LogP contribution in [0.3, 0.4) is 0 Å². The van der Waals surface area contributed by atoms with Crippen LogP contribution >= 0.6 is 0 Å². The van der Waals surface area contributed by atoms with Crippen LogP contribution in [0.4, 0.5) is 11.4 Å². The predicted molar refractivity (Wildman–Crippen MR) is 135 cm³/mol. The molecule has 0 aromatic heterocycles. The lowest BCUT2D eigenvalue weighted by molar-refractivity contribution is 0.617. The molecule has 0 aliphatic carbocycles. The molecule has 30 heavy (non-hydrogen) atoms. The van der Waals surface area contributed by atoms with Gasteiger partial charge in [0.2, 0.25) is 0 Å². The lowest BCUT2D eigenvalue weighted by Gasteiger charge is -2.31. The highest BCUT2D eigenvalue weighted by Gasteiger charge is 2.27. The number of anilines is 2. The molecule has 0 bridgehead atoms. The molecule has 0 spiro atoms. The highest BCUT2D eigenvalue weighted by Crippen LogP contribution is 2.37. The summed E-state index contributed by atoms with van der Waals surface area (Å²) in [6.45, 7) is 17.0. The van der Waals surface area contributed by atoms with Crippen LogP contribution in [0.25, 0.3) is 0 Å². The molecule has 0 unspecified atom stereocenters. The second-order valence-electron chi connectivity index (χ2n) is 8.07. The van der Waals surface area contributed by atoms with E-state index in [1.807, 2.05) is 52.0 Å². The number of nitrogen functional groups attached to an aromatic ring is 2. The molecule has 2 heteroatoms. The predicted octanol–water partition coefficient (Wildman–Crippen LogP) is 7.56. The zero-order chi connectivity index (χ0) is 22.9. The van der Waals surface area contributed by atoms with Crippen molar-refractivity contribution in [2.24, 2.45) is 0 Å². The second kappa shape index (κ2) is 10.9. The van der Waals surface area contributed by atoms with Gasteiger partial charge in [0, 0.05) is 22.2 Å². The molecule has 0 radical (unpaired) electrons. The van der Waals surface area contributed by atoms with Crippen LogP contribution in [0.1, 0.15) is 77.6 Å². The summed E-state index contributed by atoms with van der Waals surface area (Å²) < 4.78 is 0. The summed E-state index contributed by atoms with van der Waals surface area (Å²) in [5.41, 5.74) is 18.2. The zero-order valence-electron chi connectivity index (χ0n) is 20.1. The Labute approximate surface area is 184 Å². The first kappa shape index (κ1) is 25.3. The normalized spacial score (nSPS) is 10.9. The molecule has 0 aliphatic rings. The van der Waals surface area contributed by atoms with Gasteiger partial charge < -0.3 is 11.5 Å². The first-order valence-corrected chi connectivity index (χ1v) is 11.0. The summed E-state index contributed by atoms with van der Waals surface area (Å²) in [5.74, 6) is 0. The van der Waals surface area contributed by atoms with Gasteiger partial charge in [-0.1, -0.05) is 104 Å². The fourth-order valence-electron chi connectivity index (χ4n) is 3.43. The highest BCUT2D eigenvalue weighted by atomic mass is 14.5. The van der Waals surface area contributed by atoms with E-state index in [9.17, 15) is 0 Å². The Morgan fingerprint density at radius 3 is 1.07 bits per heavy atom. The molecule has 0 fully saturated rings. The van der Waals surface area contributed by atoms with Crippen molar-refractivity contribution in [2.45, 2.75) is 66.2 Å². The average molecular weight is 405 g/mol. The van der Waals surface area contributed by atoms with E-state index in [0.717, 1.165) is 11.4 Å². The van der Waals surface area contributed by atoms with Gasteiger partial charge in [-0.15, -0.1) is 0 Å². The summed E-state index contributed by atoms with van der Waals surface area (Å²) in [6.07, 6.45) is 0. The van der Waals surface area contributed by atoms with E-state index < -0.39 is 0 Å². The van der Waals surface area contributed by atoms with Crippen molar-refractivity contribution in [1.82, 2.24) is 0 Å².